The highest BCUT2D eigenvalue weighted by atomic mass is 32.1. The van der Waals surface area contributed by atoms with Crippen LogP contribution in [0.15, 0.2) is 47.8 Å². The first-order valence-electron chi connectivity index (χ1n) is 6.42. The number of nitrogens with zero attached hydrogens (tertiary/aromatic N) is 1. The summed E-state index contributed by atoms with van der Waals surface area (Å²) in [6, 6.07) is 14.2. The number of para-hydroxylation sites is 1. The summed E-state index contributed by atoms with van der Waals surface area (Å²) in [6.45, 7) is -0.0478. The Morgan fingerprint density at radius 2 is 2.00 bits per heavy atom. The van der Waals surface area contributed by atoms with Crippen molar-refractivity contribution >= 4 is 33.1 Å². The van der Waals surface area contributed by atoms with Gasteiger partial charge in [-0.15, -0.1) is 11.3 Å². The maximum absolute atomic E-state index is 9.46. The molecule has 0 spiro atoms. The van der Waals surface area contributed by atoms with Gasteiger partial charge in [0.2, 0.25) is 0 Å². The minimum Gasteiger partial charge on any atom is -0.390 e. The van der Waals surface area contributed by atoms with Gasteiger partial charge in [0.05, 0.1) is 22.7 Å². The third-order valence-corrected chi connectivity index (χ3v) is 4.34. The number of rotatable bonds is 2. The van der Waals surface area contributed by atoms with Crippen molar-refractivity contribution in [2.24, 2.45) is 0 Å². The third kappa shape index (κ3) is 1.66. The first kappa shape index (κ1) is 11.6. The predicted octanol–water partition coefficient (Wildman–Crippen LogP) is 3.94. The minimum absolute atomic E-state index is 0.0478. The monoisotopic (exact) mass is 280 g/mol. The first-order valence-corrected chi connectivity index (χ1v) is 7.30. The summed E-state index contributed by atoms with van der Waals surface area (Å²) >= 11 is 1.66. The molecule has 3 nitrogen and oxygen atoms in total. The average Bonchev–Trinajstić information content (AvgIpc) is 3.13. The fourth-order valence-corrected chi connectivity index (χ4v) is 3.29. The number of hydrogen-bond acceptors (Lipinski definition) is 3. The van der Waals surface area contributed by atoms with Crippen molar-refractivity contribution in [3.8, 4) is 10.6 Å². The number of H-pyrrole nitrogens is 1. The van der Waals surface area contributed by atoms with E-state index >= 15 is 0 Å². The van der Waals surface area contributed by atoms with Gasteiger partial charge in [0, 0.05) is 16.3 Å². The number of nitrogens with one attached hydrogen (secondary N) is 1. The smallest absolute Gasteiger partial charge is 0.105 e. The third-order valence-electron chi connectivity index (χ3n) is 3.47. The second-order valence-corrected chi connectivity index (χ2v) is 5.64. The number of aromatic amines is 1. The van der Waals surface area contributed by atoms with E-state index in [4.69, 9.17) is 0 Å². The van der Waals surface area contributed by atoms with Gasteiger partial charge < -0.3 is 10.1 Å². The summed E-state index contributed by atoms with van der Waals surface area (Å²) in [5, 5.41) is 13.8. The number of aliphatic hydroxyl groups is 1. The lowest BCUT2D eigenvalue weighted by molar-refractivity contribution is 0.277. The van der Waals surface area contributed by atoms with Crippen molar-refractivity contribution in [2.75, 3.05) is 0 Å². The Morgan fingerprint density at radius 3 is 2.80 bits per heavy atom. The number of aliphatic hydroxyl groups excluding tert-OH is 1. The Morgan fingerprint density at radius 1 is 1.10 bits per heavy atom. The van der Waals surface area contributed by atoms with E-state index in [9.17, 15) is 5.11 Å². The maximum Gasteiger partial charge on any atom is 0.105 e. The molecule has 0 radical (unpaired) electrons. The fraction of sp³-hybridized carbons (Fsp3) is 0.0625. The Labute approximate surface area is 119 Å². The van der Waals surface area contributed by atoms with Gasteiger partial charge >= 0.3 is 0 Å². The highest BCUT2D eigenvalue weighted by Crippen LogP contribution is 2.34. The van der Waals surface area contributed by atoms with Crippen LogP contribution in [0.4, 0.5) is 0 Å². The van der Waals surface area contributed by atoms with E-state index in [-0.39, 0.29) is 6.61 Å². The molecule has 0 fully saturated rings. The topological polar surface area (TPSA) is 48.9 Å². The predicted molar refractivity (Wildman–Crippen MR) is 82.8 cm³/mol. The molecular weight excluding hydrogens is 268 g/mol. The van der Waals surface area contributed by atoms with E-state index in [1.54, 1.807) is 11.3 Å². The molecule has 0 atom stereocenters. The molecule has 2 N–H and O–H groups in total. The van der Waals surface area contributed by atoms with Gasteiger partial charge in [-0.3, -0.25) is 0 Å². The second kappa shape index (κ2) is 4.44. The molecule has 0 saturated carbocycles. The number of aromatic nitrogens is 2. The molecule has 0 aliphatic heterocycles. The summed E-state index contributed by atoms with van der Waals surface area (Å²) in [4.78, 5) is 9.14. The molecule has 0 unspecified atom stereocenters. The quantitative estimate of drug-likeness (QED) is 0.584. The summed E-state index contributed by atoms with van der Waals surface area (Å²) in [5.41, 5.74) is 3.74. The Hall–Kier alpha value is -2.17. The zero-order valence-electron chi connectivity index (χ0n) is 10.6. The molecule has 4 rings (SSSR count). The maximum atomic E-state index is 9.46. The van der Waals surface area contributed by atoms with Crippen molar-refractivity contribution in [3.63, 3.8) is 0 Å². The number of thiophene rings is 1. The lowest BCUT2D eigenvalue weighted by atomic mass is 10.1. The van der Waals surface area contributed by atoms with E-state index in [1.807, 2.05) is 29.6 Å². The van der Waals surface area contributed by atoms with Gasteiger partial charge in [0.25, 0.3) is 0 Å². The van der Waals surface area contributed by atoms with Crippen LogP contribution in [0, 0.1) is 0 Å². The molecule has 4 heteroatoms. The molecule has 20 heavy (non-hydrogen) atoms. The summed E-state index contributed by atoms with van der Waals surface area (Å²) < 4.78 is 0. The molecule has 3 heterocycles. The number of benzene rings is 1. The van der Waals surface area contributed by atoms with Crippen molar-refractivity contribution in [1.82, 2.24) is 9.97 Å². The zero-order chi connectivity index (χ0) is 13.5. The molecule has 0 amide bonds. The lowest BCUT2D eigenvalue weighted by Crippen LogP contribution is -1.92. The van der Waals surface area contributed by atoms with Crippen LogP contribution < -0.4 is 0 Å². The van der Waals surface area contributed by atoms with Crippen LogP contribution in [0.2, 0.25) is 0 Å². The van der Waals surface area contributed by atoms with Gasteiger partial charge in [-0.05, 0) is 23.6 Å². The van der Waals surface area contributed by atoms with Crippen LogP contribution in [-0.2, 0) is 6.61 Å². The van der Waals surface area contributed by atoms with E-state index < -0.39 is 0 Å². The Balaban J connectivity index is 2.16. The highest BCUT2D eigenvalue weighted by molar-refractivity contribution is 7.13. The van der Waals surface area contributed by atoms with E-state index in [0.29, 0.717) is 5.69 Å². The van der Waals surface area contributed by atoms with E-state index in [0.717, 1.165) is 32.4 Å². The molecular formula is C16H12N2OS. The zero-order valence-corrected chi connectivity index (χ0v) is 11.4. The molecule has 0 bridgehead atoms. The van der Waals surface area contributed by atoms with Crippen LogP contribution in [0.3, 0.4) is 0 Å². The van der Waals surface area contributed by atoms with Crippen molar-refractivity contribution in [3.05, 3.63) is 53.5 Å². The SMILES string of the molecule is OCc1cc2c([nH]c3ccccc32)c(-c2cccs2)n1. The normalized spacial score (nSPS) is 11.4. The van der Waals surface area contributed by atoms with E-state index in [1.165, 1.54) is 0 Å². The largest absolute Gasteiger partial charge is 0.390 e. The van der Waals surface area contributed by atoms with Gasteiger partial charge in [0.15, 0.2) is 0 Å². The molecule has 3 aromatic heterocycles. The van der Waals surface area contributed by atoms with Gasteiger partial charge in [-0.1, -0.05) is 24.3 Å². The summed E-state index contributed by atoms with van der Waals surface area (Å²) in [6.07, 6.45) is 0. The Kier molecular flexibility index (Phi) is 2.58. The fourth-order valence-electron chi connectivity index (χ4n) is 2.57. The first-order chi connectivity index (χ1) is 9.86. The molecule has 0 aliphatic rings. The molecule has 0 aliphatic carbocycles. The molecule has 98 valence electrons. The van der Waals surface area contributed by atoms with E-state index in [2.05, 4.69) is 28.2 Å². The van der Waals surface area contributed by atoms with Crippen molar-refractivity contribution in [2.45, 2.75) is 6.61 Å². The van der Waals surface area contributed by atoms with Crippen LogP contribution in [-0.4, -0.2) is 15.1 Å². The molecule has 0 saturated heterocycles. The Bertz CT molecular complexity index is 894. The van der Waals surface area contributed by atoms with Gasteiger partial charge in [-0.2, -0.15) is 0 Å². The van der Waals surface area contributed by atoms with Gasteiger partial charge in [-0.25, -0.2) is 4.98 Å². The lowest BCUT2D eigenvalue weighted by Gasteiger charge is -2.03. The molecule has 4 aromatic rings. The van der Waals surface area contributed by atoms with Crippen LogP contribution >= 0.6 is 11.3 Å². The van der Waals surface area contributed by atoms with Crippen LogP contribution in [0.1, 0.15) is 5.69 Å². The standard InChI is InChI=1S/C16H12N2OS/c19-9-10-8-12-11-4-1-2-5-13(11)18-15(12)16(17-10)14-6-3-7-20-14/h1-8,18-19H,9H2. The average molecular weight is 280 g/mol. The highest BCUT2D eigenvalue weighted by Gasteiger charge is 2.13. The summed E-state index contributed by atoms with van der Waals surface area (Å²) in [5.74, 6) is 0. The van der Waals surface area contributed by atoms with Crippen LogP contribution in [0.25, 0.3) is 32.4 Å². The summed E-state index contributed by atoms with van der Waals surface area (Å²) in [7, 11) is 0. The molecule has 1 aromatic carbocycles. The number of pyridine rings is 1. The van der Waals surface area contributed by atoms with Crippen molar-refractivity contribution in [1.29, 1.82) is 0 Å². The number of fused-ring (bicyclic) bond motifs is 3. The van der Waals surface area contributed by atoms with Crippen molar-refractivity contribution < 1.29 is 5.11 Å². The second-order valence-electron chi connectivity index (χ2n) is 4.69. The minimum atomic E-state index is -0.0478. The van der Waals surface area contributed by atoms with Crippen LogP contribution in [0.5, 0.6) is 0 Å². The number of hydrogen-bond donors (Lipinski definition) is 2. The van der Waals surface area contributed by atoms with Gasteiger partial charge in [0.1, 0.15) is 5.69 Å².